The first-order valence-electron chi connectivity index (χ1n) is 9.65. The van der Waals surface area contributed by atoms with E-state index in [1.807, 2.05) is 0 Å². The fraction of sp³-hybridized carbons (Fsp3) is 0.800. The minimum atomic E-state index is -0.742. The Labute approximate surface area is 146 Å². The van der Waals surface area contributed by atoms with E-state index in [-0.39, 0.29) is 30.5 Å². The van der Waals surface area contributed by atoms with Crippen molar-refractivity contribution in [2.75, 3.05) is 0 Å². The summed E-state index contributed by atoms with van der Waals surface area (Å²) in [6, 6.07) is 0. The highest BCUT2D eigenvalue weighted by Crippen LogP contribution is 2.34. The molecule has 0 bridgehead atoms. The van der Waals surface area contributed by atoms with Crippen molar-refractivity contribution in [2.45, 2.75) is 90.1 Å². The van der Waals surface area contributed by atoms with Gasteiger partial charge in [-0.25, -0.2) is 0 Å². The second-order valence-electron chi connectivity index (χ2n) is 7.05. The van der Waals surface area contributed by atoms with E-state index in [0.717, 1.165) is 32.1 Å². The van der Waals surface area contributed by atoms with E-state index in [9.17, 15) is 14.7 Å². The lowest BCUT2D eigenvalue weighted by Gasteiger charge is -2.17. The maximum atomic E-state index is 12.1. The second kappa shape index (κ2) is 12.2. The number of unbranched alkanes of at least 4 members (excludes halogenated alkanes) is 7. The van der Waals surface area contributed by atoms with Gasteiger partial charge in [0.2, 0.25) is 0 Å². The molecule has 0 spiro atoms. The third kappa shape index (κ3) is 8.09. The second-order valence-corrected chi connectivity index (χ2v) is 7.05. The van der Waals surface area contributed by atoms with Crippen molar-refractivity contribution in [3.05, 3.63) is 12.2 Å². The van der Waals surface area contributed by atoms with Gasteiger partial charge < -0.3 is 10.2 Å². The lowest BCUT2D eigenvalue weighted by Crippen LogP contribution is -2.18. The number of hydrogen-bond donors (Lipinski definition) is 2. The van der Waals surface area contributed by atoms with E-state index in [2.05, 4.69) is 19.1 Å². The van der Waals surface area contributed by atoms with Crippen LogP contribution in [0.3, 0.4) is 0 Å². The number of carboxylic acid groups (broad SMARTS) is 1. The summed E-state index contributed by atoms with van der Waals surface area (Å²) < 4.78 is 0. The van der Waals surface area contributed by atoms with Crippen molar-refractivity contribution in [3.8, 4) is 0 Å². The summed E-state index contributed by atoms with van der Waals surface area (Å²) in [6.07, 6.45) is 14.4. The maximum absolute atomic E-state index is 12.1. The van der Waals surface area contributed by atoms with Crippen molar-refractivity contribution >= 4 is 11.8 Å². The Morgan fingerprint density at radius 3 is 2.54 bits per heavy atom. The summed E-state index contributed by atoms with van der Waals surface area (Å²) in [5.74, 6) is -0.629. The number of aliphatic carboxylic acids is 1. The van der Waals surface area contributed by atoms with Crippen LogP contribution in [0.1, 0.15) is 84.0 Å². The zero-order valence-electron chi connectivity index (χ0n) is 15.1. The Balaban J connectivity index is 2.30. The quantitative estimate of drug-likeness (QED) is 0.383. The molecule has 0 aromatic heterocycles. The van der Waals surface area contributed by atoms with E-state index in [4.69, 9.17) is 5.11 Å². The van der Waals surface area contributed by atoms with Gasteiger partial charge in [0.1, 0.15) is 5.78 Å². The lowest BCUT2D eigenvalue weighted by atomic mass is 9.88. The monoisotopic (exact) mass is 338 g/mol. The van der Waals surface area contributed by atoms with Crippen LogP contribution in [0.25, 0.3) is 0 Å². The molecule has 4 heteroatoms. The van der Waals surface area contributed by atoms with Crippen molar-refractivity contribution in [1.29, 1.82) is 0 Å². The fourth-order valence-electron chi connectivity index (χ4n) is 3.53. The zero-order valence-corrected chi connectivity index (χ0v) is 15.1. The van der Waals surface area contributed by atoms with Gasteiger partial charge in [0, 0.05) is 24.7 Å². The van der Waals surface area contributed by atoms with Gasteiger partial charge in [-0.1, -0.05) is 57.6 Å². The highest BCUT2D eigenvalue weighted by atomic mass is 16.4. The number of rotatable bonds is 13. The van der Waals surface area contributed by atoms with Gasteiger partial charge in [-0.2, -0.15) is 0 Å². The Morgan fingerprint density at radius 1 is 1.12 bits per heavy atom. The van der Waals surface area contributed by atoms with Crippen LogP contribution >= 0.6 is 0 Å². The smallest absolute Gasteiger partial charge is 0.303 e. The van der Waals surface area contributed by atoms with Crippen LogP contribution in [0.2, 0.25) is 0 Å². The SMILES string of the molecule is CCCCCC/C=C/[C@H]1[C@H](O)CC(=O)[C@@H]1CCCCCCC(=O)O. The molecule has 0 amide bonds. The molecule has 0 heterocycles. The summed E-state index contributed by atoms with van der Waals surface area (Å²) in [5, 5.41) is 18.7. The molecule has 2 N–H and O–H groups in total. The molecule has 1 fully saturated rings. The van der Waals surface area contributed by atoms with Crippen molar-refractivity contribution in [2.24, 2.45) is 11.8 Å². The molecule has 0 aromatic carbocycles. The normalized spacial score (nSPS) is 24.1. The van der Waals surface area contributed by atoms with Crippen LogP contribution in [-0.2, 0) is 9.59 Å². The molecule has 0 aliphatic heterocycles. The topological polar surface area (TPSA) is 74.6 Å². The third-order valence-electron chi connectivity index (χ3n) is 4.97. The van der Waals surface area contributed by atoms with Crippen molar-refractivity contribution < 1.29 is 19.8 Å². The number of Topliss-reactive ketones (excluding diaryl/α,β-unsaturated/α-hetero) is 1. The molecule has 0 radical (unpaired) electrons. The standard InChI is InChI=1S/C20H34O4/c1-2-3-4-5-6-9-12-16-17(19(22)15-18(16)21)13-10-7-8-11-14-20(23)24/h9,12,16-18,21H,2-8,10-11,13-15H2,1H3,(H,23,24)/b12-9+/t16-,17-,18-/m1/s1. The van der Waals surface area contributed by atoms with Crippen molar-refractivity contribution in [1.82, 2.24) is 0 Å². The Bertz CT molecular complexity index is 402. The first-order valence-corrected chi connectivity index (χ1v) is 9.65. The molecule has 138 valence electrons. The Morgan fingerprint density at radius 2 is 1.83 bits per heavy atom. The summed E-state index contributed by atoms with van der Waals surface area (Å²) in [7, 11) is 0. The van der Waals surface area contributed by atoms with Gasteiger partial charge in [-0.15, -0.1) is 0 Å². The van der Waals surface area contributed by atoms with Crippen LogP contribution in [0.15, 0.2) is 12.2 Å². The number of carboxylic acids is 1. The van der Waals surface area contributed by atoms with E-state index in [1.54, 1.807) is 0 Å². The minimum Gasteiger partial charge on any atom is -0.481 e. The van der Waals surface area contributed by atoms with Gasteiger partial charge in [0.15, 0.2) is 0 Å². The molecule has 0 saturated heterocycles. The van der Waals surface area contributed by atoms with Gasteiger partial charge in [0.25, 0.3) is 0 Å². The molecular formula is C20H34O4. The number of aliphatic hydroxyl groups is 1. The van der Waals surface area contributed by atoms with Crippen LogP contribution in [0.5, 0.6) is 0 Å². The van der Waals surface area contributed by atoms with Crippen molar-refractivity contribution in [3.63, 3.8) is 0 Å². The first kappa shape index (κ1) is 20.9. The minimum absolute atomic E-state index is 0.0253. The molecule has 4 nitrogen and oxygen atoms in total. The largest absolute Gasteiger partial charge is 0.481 e. The molecule has 1 aliphatic carbocycles. The van der Waals surface area contributed by atoms with Crippen LogP contribution in [-0.4, -0.2) is 28.1 Å². The van der Waals surface area contributed by atoms with Gasteiger partial charge in [0.05, 0.1) is 6.10 Å². The molecule has 24 heavy (non-hydrogen) atoms. The van der Waals surface area contributed by atoms with E-state index in [0.29, 0.717) is 6.42 Å². The summed E-state index contributed by atoms with van der Waals surface area (Å²) in [5.41, 5.74) is 0. The van der Waals surface area contributed by atoms with Gasteiger partial charge in [-0.3, -0.25) is 9.59 Å². The number of carbonyl (C=O) groups is 2. The Kier molecular flexibility index (Phi) is 10.6. The van der Waals surface area contributed by atoms with Crippen LogP contribution in [0.4, 0.5) is 0 Å². The molecule has 1 aliphatic rings. The lowest BCUT2D eigenvalue weighted by molar-refractivity contribution is -0.137. The molecule has 0 unspecified atom stereocenters. The molecular weight excluding hydrogens is 304 g/mol. The number of carbonyl (C=O) groups excluding carboxylic acids is 1. The predicted octanol–water partition coefficient (Wildman–Crippen LogP) is 4.50. The molecule has 1 rings (SSSR count). The van der Waals surface area contributed by atoms with E-state index < -0.39 is 12.1 Å². The molecule has 3 atom stereocenters. The van der Waals surface area contributed by atoms with Crippen LogP contribution < -0.4 is 0 Å². The number of ketones is 1. The summed E-state index contributed by atoms with van der Waals surface area (Å²) in [6.45, 7) is 2.20. The Hall–Kier alpha value is -1.16. The average molecular weight is 338 g/mol. The van der Waals surface area contributed by atoms with Gasteiger partial charge >= 0.3 is 5.97 Å². The van der Waals surface area contributed by atoms with Crippen LogP contribution in [0, 0.1) is 11.8 Å². The predicted molar refractivity (Wildman–Crippen MR) is 95.8 cm³/mol. The fourth-order valence-corrected chi connectivity index (χ4v) is 3.53. The number of hydrogen-bond acceptors (Lipinski definition) is 3. The van der Waals surface area contributed by atoms with Gasteiger partial charge in [-0.05, 0) is 25.7 Å². The zero-order chi connectivity index (χ0) is 17.8. The maximum Gasteiger partial charge on any atom is 0.303 e. The summed E-state index contributed by atoms with van der Waals surface area (Å²) >= 11 is 0. The number of allylic oxidation sites excluding steroid dienone is 1. The molecule has 1 saturated carbocycles. The molecule has 0 aromatic rings. The van der Waals surface area contributed by atoms with E-state index >= 15 is 0 Å². The third-order valence-corrected chi connectivity index (χ3v) is 4.97. The average Bonchev–Trinajstić information content (AvgIpc) is 2.80. The first-order chi connectivity index (χ1) is 11.6. The highest BCUT2D eigenvalue weighted by Gasteiger charge is 2.39. The van der Waals surface area contributed by atoms with E-state index in [1.165, 1.54) is 25.7 Å². The highest BCUT2D eigenvalue weighted by molar-refractivity contribution is 5.84. The summed E-state index contributed by atoms with van der Waals surface area (Å²) in [4.78, 5) is 22.6. The number of aliphatic hydroxyl groups excluding tert-OH is 1.